The minimum atomic E-state index is 0. The molecule has 0 radical (unpaired) electrons. The van der Waals surface area contributed by atoms with Crippen molar-refractivity contribution >= 4 is 42.4 Å². The predicted octanol–water partition coefficient (Wildman–Crippen LogP) is 17.5. The molecule has 12 rings (SSSR count). The first kappa shape index (κ1) is 47.7. The van der Waals surface area contributed by atoms with Crippen molar-refractivity contribution < 1.29 is 20.1 Å². The summed E-state index contributed by atoms with van der Waals surface area (Å²) in [5.74, 6) is 0.405. The number of rotatable bonds is 13. The minimum absolute atomic E-state index is 0. The van der Waals surface area contributed by atoms with Crippen molar-refractivity contribution in [2.45, 2.75) is 45.4 Å². The van der Waals surface area contributed by atoms with Gasteiger partial charge in [-0.2, -0.15) is 0 Å². The summed E-state index contributed by atoms with van der Waals surface area (Å²) in [6, 6.07) is 83.0. The molecule has 0 aliphatic heterocycles. The Morgan fingerprint density at radius 1 is 0.411 bits per heavy atom. The molecule has 3 nitrogen and oxygen atoms in total. The van der Waals surface area contributed by atoms with Crippen molar-refractivity contribution in [3.05, 3.63) is 259 Å². The number of nitrogens with zero attached hydrogens (tertiary/aromatic N) is 3. The predicted molar refractivity (Wildman–Crippen MR) is 301 cm³/mol. The molecular formula is C68H50IrN3S. The van der Waals surface area contributed by atoms with Gasteiger partial charge in [-0.3, -0.25) is 4.98 Å². The van der Waals surface area contributed by atoms with Gasteiger partial charge >= 0.3 is 20.1 Å². The average Bonchev–Trinajstić information content (AvgIpc) is 3.82. The Labute approximate surface area is 445 Å². The van der Waals surface area contributed by atoms with Gasteiger partial charge < -0.3 is 9.97 Å². The van der Waals surface area contributed by atoms with Gasteiger partial charge in [-0.1, -0.05) is 165 Å². The largest absolute Gasteiger partial charge is 3.00 e. The zero-order valence-corrected chi connectivity index (χ0v) is 43.9. The zero-order chi connectivity index (χ0) is 48.4. The van der Waals surface area contributed by atoms with Crippen LogP contribution in [0.4, 0.5) is 0 Å². The van der Waals surface area contributed by atoms with Crippen LogP contribution in [-0.4, -0.2) is 15.0 Å². The van der Waals surface area contributed by atoms with E-state index in [1.807, 2.05) is 60.1 Å². The van der Waals surface area contributed by atoms with Crippen LogP contribution in [0.1, 0.15) is 47.6 Å². The Hall–Kier alpha value is -7.66. The van der Waals surface area contributed by atoms with E-state index in [1.54, 1.807) is 0 Å². The summed E-state index contributed by atoms with van der Waals surface area (Å²) in [5, 5.41) is 3.79. The van der Waals surface area contributed by atoms with E-state index < -0.39 is 0 Å². The number of benzene rings is 8. The molecule has 0 amide bonds. The van der Waals surface area contributed by atoms with Crippen molar-refractivity contribution in [2.24, 2.45) is 0 Å². The molecule has 0 unspecified atom stereocenters. The number of aryl methyl sites for hydroxylation is 4. The Morgan fingerprint density at radius 2 is 1.03 bits per heavy atom. The van der Waals surface area contributed by atoms with Gasteiger partial charge in [0, 0.05) is 38.0 Å². The summed E-state index contributed by atoms with van der Waals surface area (Å²) in [6.45, 7) is 4.49. The van der Waals surface area contributed by atoms with Crippen molar-refractivity contribution in [3.63, 3.8) is 0 Å². The second-order valence-electron chi connectivity index (χ2n) is 19.0. The molecule has 12 aromatic rings. The molecule has 8 aromatic carbocycles. The van der Waals surface area contributed by atoms with Gasteiger partial charge in [0.25, 0.3) is 0 Å². The molecule has 0 saturated heterocycles. The van der Waals surface area contributed by atoms with Crippen LogP contribution in [-0.2, 0) is 45.8 Å². The molecule has 0 atom stereocenters. The molecule has 0 spiro atoms. The normalized spacial score (nSPS) is 11.4. The third-order valence-corrected chi connectivity index (χ3v) is 15.1. The quantitative estimate of drug-likeness (QED) is 0.108. The van der Waals surface area contributed by atoms with Crippen LogP contribution in [0.2, 0.25) is 0 Å². The molecule has 0 saturated carbocycles. The van der Waals surface area contributed by atoms with E-state index in [0.717, 1.165) is 76.1 Å². The number of thiophene rings is 1. The molecule has 0 bridgehead atoms. The maximum atomic E-state index is 5.27. The molecule has 0 aliphatic rings. The smallest absolute Gasteiger partial charge is 0.305 e. The number of hydrogen-bond acceptors (Lipinski definition) is 4. The Morgan fingerprint density at radius 3 is 1.68 bits per heavy atom. The summed E-state index contributed by atoms with van der Waals surface area (Å²) in [5.41, 5.74) is 20.2. The number of pyridine rings is 3. The molecule has 352 valence electrons. The summed E-state index contributed by atoms with van der Waals surface area (Å²) < 4.78 is 2.58. The first-order valence-electron chi connectivity index (χ1n) is 24.9. The van der Waals surface area contributed by atoms with Crippen LogP contribution in [0.5, 0.6) is 0 Å². The second-order valence-corrected chi connectivity index (χ2v) is 20.1. The van der Waals surface area contributed by atoms with E-state index >= 15 is 0 Å². The van der Waals surface area contributed by atoms with Crippen LogP contribution >= 0.6 is 11.3 Å². The third kappa shape index (κ3) is 10.1. The fraction of sp³-hybridized carbons (Fsp3) is 0.103. The first-order chi connectivity index (χ1) is 35.5. The van der Waals surface area contributed by atoms with Crippen molar-refractivity contribution in [2.75, 3.05) is 0 Å². The van der Waals surface area contributed by atoms with E-state index in [2.05, 4.69) is 206 Å². The third-order valence-electron chi connectivity index (χ3n) is 13.9. The van der Waals surface area contributed by atoms with Crippen molar-refractivity contribution in [1.82, 2.24) is 15.0 Å². The van der Waals surface area contributed by atoms with Crippen molar-refractivity contribution in [1.29, 1.82) is 0 Å². The molecule has 5 heteroatoms. The summed E-state index contributed by atoms with van der Waals surface area (Å²) in [7, 11) is 0. The molecule has 0 aliphatic carbocycles. The standard InChI is InChI=1S/C68H50N3S.Ir/c1-45(2)55-15-11-18-66-59(55)36-37-65(71-66)53-33-34-58(62(43-53)52-32-35-61-60-14-5-6-19-67(60)72-68(61)44-52)57-13-4-3-12-56(57)54-41-48(22-20-46-24-28-50(29-25-46)63-16-7-9-38-69-63)40-49(42-54)23-21-47-26-30-51(31-27-47)64-17-8-10-39-70-64;/h3-19,24-28,30,32,34-45H,20-23H2,1-2H3;/q-3;+3. The summed E-state index contributed by atoms with van der Waals surface area (Å²) >= 11 is 1.86. The molecule has 4 heterocycles. The van der Waals surface area contributed by atoms with Crippen LogP contribution in [0.3, 0.4) is 0 Å². The second kappa shape index (κ2) is 21.2. The molecule has 0 N–H and O–H groups in total. The van der Waals surface area contributed by atoms with Crippen molar-refractivity contribution in [3.8, 4) is 67.2 Å². The molecule has 73 heavy (non-hydrogen) atoms. The first-order valence-corrected chi connectivity index (χ1v) is 25.7. The van der Waals surface area contributed by atoms with Gasteiger partial charge in [0.1, 0.15) is 0 Å². The van der Waals surface area contributed by atoms with Crippen LogP contribution in [0, 0.1) is 18.2 Å². The van der Waals surface area contributed by atoms with Crippen LogP contribution in [0.25, 0.3) is 98.2 Å². The fourth-order valence-electron chi connectivity index (χ4n) is 10.2. The van der Waals surface area contributed by atoms with E-state index in [0.29, 0.717) is 5.92 Å². The monoisotopic (exact) mass is 1130 g/mol. The van der Waals surface area contributed by atoms with Gasteiger partial charge in [0.2, 0.25) is 0 Å². The Kier molecular flexibility index (Phi) is 13.8. The Balaban J connectivity index is 0.00000574. The fourth-order valence-corrected chi connectivity index (χ4v) is 11.3. The van der Waals surface area contributed by atoms with Crippen LogP contribution < -0.4 is 0 Å². The van der Waals surface area contributed by atoms with E-state index in [1.165, 1.54) is 75.6 Å². The number of hydrogen-bond donors (Lipinski definition) is 0. The summed E-state index contributed by atoms with van der Waals surface area (Å²) in [4.78, 5) is 14.4. The average molecular weight is 1130 g/mol. The zero-order valence-electron chi connectivity index (χ0n) is 40.7. The van der Waals surface area contributed by atoms with Gasteiger partial charge in [-0.05, 0) is 99.6 Å². The topological polar surface area (TPSA) is 38.7 Å². The Bertz CT molecular complexity index is 3780. The van der Waals surface area contributed by atoms with Gasteiger partial charge in [-0.15, -0.1) is 106 Å². The maximum absolute atomic E-state index is 5.27. The SMILES string of the molecule is CC(C)c1cccc2nc(-c3[c-]cc(-c4ccccc4-c4cc(CCc5c[c-]c(-c6ccccn6)cc5)cc(CCc5c[c-]c(-c6ccccn6)cc5)c4)c(-c4ccc5c(c4)sc4ccccc45)c3)ccc12.[Ir+3]. The van der Waals surface area contributed by atoms with E-state index in [4.69, 9.17) is 4.98 Å². The number of fused-ring (bicyclic) bond motifs is 4. The molecular weight excluding hydrogens is 1080 g/mol. The maximum Gasteiger partial charge on any atom is 3.00 e. The summed E-state index contributed by atoms with van der Waals surface area (Å²) in [6.07, 6.45) is 7.26. The van der Waals surface area contributed by atoms with Gasteiger partial charge in [0.05, 0.1) is 5.52 Å². The van der Waals surface area contributed by atoms with Gasteiger partial charge in [0.15, 0.2) is 0 Å². The van der Waals surface area contributed by atoms with E-state index in [9.17, 15) is 0 Å². The minimum Gasteiger partial charge on any atom is -0.305 e. The molecule has 0 fully saturated rings. The van der Waals surface area contributed by atoms with E-state index in [-0.39, 0.29) is 20.1 Å². The number of aromatic nitrogens is 3. The van der Waals surface area contributed by atoms with Gasteiger partial charge in [-0.25, -0.2) is 0 Å². The molecule has 4 aromatic heterocycles. The van der Waals surface area contributed by atoms with Crippen LogP contribution in [0.15, 0.2) is 213 Å².